The minimum atomic E-state index is -4.43. The van der Waals surface area contributed by atoms with Gasteiger partial charge in [0, 0.05) is 12.2 Å². The average Bonchev–Trinajstić information content (AvgIpc) is 2.98. The summed E-state index contributed by atoms with van der Waals surface area (Å²) < 4.78 is 65.7. The molecule has 3 rings (SSSR count). The van der Waals surface area contributed by atoms with Crippen LogP contribution in [-0.2, 0) is 14.6 Å². The molecule has 2 aliphatic rings. The highest BCUT2D eigenvalue weighted by Gasteiger charge is 2.53. The summed E-state index contributed by atoms with van der Waals surface area (Å²) in [6.07, 6.45) is -2.60. The SMILES string of the molecule is CC(C)(C)S(=O)(=O)CC1(O)CCC2(CCN(c3ccc(OCC(F)(F)F)cc3)C2=O)CC1. The number of ether oxygens (including phenoxy) is 1. The summed E-state index contributed by atoms with van der Waals surface area (Å²) in [5.41, 5.74) is -1.42. The molecule has 180 valence electrons. The third-order valence-corrected chi connectivity index (χ3v) is 9.38. The lowest BCUT2D eigenvalue weighted by atomic mass is 9.68. The molecule has 1 amide bonds. The first-order valence-electron chi connectivity index (χ1n) is 10.6. The molecule has 1 aliphatic heterocycles. The van der Waals surface area contributed by atoms with Gasteiger partial charge in [-0.15, -0.1) is 0 Å². The zero-order valence-electron chi connectivity index (χ0n) is 18.5. The Morgan fingerprint density at radius 2 is 1.59 bits per heavy atom. The molecular formula is C22H30F3NO5S. The summed E-state index contributed by atoms with van der Waals surface area (Å²) in [5.74, 6) is -0.353. The smallest absolute Gasteiger partial charge is 0.422 e. The van der Waals surface area contributed by atoms with Gasteiger partial charge in [0.05, 0.1) is 21.5 Å². The molecule has 1 saturated carbocycles. The van der Waals surface area contributed by atoms with Crippen LogP contribution in [0.3, 0.4) is 0 Å². The molecule has 0 bridgehead atoms. The number of alkyl halides is 3. The summed E-state index contributed by atoms with van der Waals surface area (Å²) in [5, 5.41) is 10.9. The van der Waals surface area contributed by atoms with Gasteiger partial charge < -0.3 is 14.7 Å². The van der Waals surface area contributed by atoms with Crippen LogP contribution in [0.1, 0.15) is 52.9 Å². The molecule has 1 heterocycles. The highest BCUT2D eigenvalue weighted by atomic mass is 32.2. The van der Waals surface area contributed by atoms with Crippen LogP contribution in [0.5, 0.6) is 5.75 Å². The van der Waals surface area contributed by atoms with E-state index >= 15 is 0 Å². The van der Waals surface area contributed by atoms with E-state index in [2.05, 4.69) is 0 Å². The second-order valence-corrected chi connectivity index (χ2v) is 12.7. The average molecular weight is 478 g/mol. The van der Waals surface area contributed by atoms with Crippen LogP contribution < -0.4 is 9.64 Å². The van der Waals surface area contributed by atoms with Crippen LogP contribution in [-0.4, -0.2) is 54.9 Å². The van der Waals surface area contributed by atoms with Crippen LogP contribution in [0.25, 0.3) is 0 Å². The first-order chi connectivity index (χ1) is 14.6. The molecule has 32 heavy (non-hydrogen) atoms. The predicted octanol–water partition coefficient (Wildman–Crippen LogP) is 3.87. The maximum Gasteiger partial charge on any atom is 0.422 e. The standard InChI is InChI=1S/C22H30F3NO5S/c1-19(2,3)32(29,30)15-21(28)10-8-20(9-11-21)12-13-26(18(20)27)16-4-6-17(7-5-16)31-14-22(23,24)25/h4-7,28H,8-15H2,1-3H3. The Hall–Kier alpha value is -1.81. The van der Waals surface area contributed by atoms with E-state index in [-0.39, 0.29) is 30.3 Å². The zero-order chi connectivity index (χ0) is 24.0. The second-order valence-electron chi connectivity index (χ2n) is 9.98. The number of hydrogen-bond donors (Lipinski definition) is 1. The Morgan fingerprint density at radius 3 is 2.09 bits per heavy atom. The number of carbonyl (C=O) groups is 1. The maximum absolute atomic E-state index is 13.2. The number of anilines is 1. The van der Waals surface area contributed by atoms with E-state index in [4.69, 9.17) is 4.74 Å². The molecule has 1 saturated heterocycles. The van der Waals surface area contributed by atoms with Gasteiger partial charge in [0.1, 0.15) is 5.75 Å². The van der Waals surface area contributed by atoms with Gasteiger partial charge in [0.2, 0.25) is 5.91 Å². The summed E-state index contributed by atoms with van der Waals surface area (Å²) >= 11 is 0. The van der Waals surface area contributed by atoms with E-state index in [0.29, 0.717) is 31.5 Å². The third kappa shape index (κ3) is 5.22. The molecule has 0 aromatic heterocycles. The number of halogens is 3. The number of carbonyl (C=O) groups excluding carboxylic acids is 1. The molecule has 0 radical (unpaired) electrons. The van der Waals surface area contributed by atoms with E-state index < -0.39 is 38.4 Å². The fraction of sp³-hybridized carbons (Fsp3) is 0.682. The van der Waals surface area contributed by atoms with Crippen LogP contribution in [0.15, 0.2) is 24.3 Å². The largest absolute Gasteiger partial charge is 0.484 e. The number of benzene rings is 1. The highest BCUT2D eigenvalue weighted by molar-refractivity contribution is 7.92. The lowest BCUT2D eigenvalue weighted by Gasteiger charge is -2.41. The van der Waals surface area contributed by atoms with Crippen LogP contribution in [0.4, 0.5) is 18.9 Å². The molecule has 6 nitrogen and oxygen atoms in total. The molecule has 0 atom stereocenters. The number of aliphatic hydroxyl groups is 1. The Balaban J connectivity index is 1.65. The third-order valence-electron chi connectivity index (χ3n) is 6.59. The lowest BCUT2D eigenvalue weighted by Crippen LogP contribution is -2.49. The number of nitrogens with zero attached hydrogens (tertiary/aromatic N) is 1. The van der Waals surface area contributed by atoms with Gasteiger partial charge in [-0.05, 0) is 77.1 Å². The number of amides is 1. The highest BCUT2D eigenvalue weighted by Crippen LogP contribution is 2.49. The van der Waals surface area contributed by atoms with Gasteiger partial charge >= 0.3 is 6.18 Å². The van der Waals surface area contributed by atoms with E-state index in [1.165, 1.54) is 12.1 Å². The van der Waals surface area contributed by atoms with E-state index in [1.807, 2.05) is 0 Å². The molecule has 1 aromatic carbocycles. The van der Waals surface area contributed by atoms with E-state index in [1.54, 1.807) is 37.8 Å². The molecular weight excluding hydrogens is 447 g/mol. The van der Waals surface area contributed by atoms with Gasteiger partial charge in [-0.2, -0.15) is 13.2 Å². The molecule has 0 unspecified atom stereocenters. The molecule has 1 aromatic rings. The van der Waals surface area contributed by atoms with Crippen LogP contribution >= 0.6 is 0 Å². The van der Waals surface area contributed by atoms with Crippen molar-refractivity contribution in [2.75, 3.05) is 23.8 Å². The molecule has 2 fully saturated rings. The lowest BCUT2D eigenvalue weighted by molar-refractivity contribution is -0.153. The predicted molar refractivity (Wildman–Crippen MR) is 114 cm³/mol. The fourth-order valence-electron chi connectivity index (χ4n) is 4.33. The number of hydrogen-bond acceptors (Lipinski definition) is 5. The van der Waals surface area contributed by atoms with Gasteiger partial charge in [-0.25, -0.2) is 8.42 Å². The first-order valence-corrected chi connectivity index (χ1v) is 12.3. The summed E-state index contributed by atoms with van der Waals surface area (Å²) in [4.78, 5) is 14.8. The van der Waals surface area contributed by atoms with Gasteiger partial charge in [0.15, 0.2) is 16.4 Å². The Labute approximate surface area is 186 Å². The minimum Gasteiger partial charge on any atom is -0.484 e. The topological polar surface area (TPSA) is 83.9 Å². The molecule has 1 spiro atoms. The van der Waals surface area contributed by atoms with Crippen LogP contribution in [0, 0.1) is 5.41 Å². The van der Waals surface area contributed by atoms with Crippen molar-refractivity contribution < 1.29 is 36.2 Å². The molecule has 1 N–H and O–H groups in total. The van der Waals surface area contributed by atoms with Crippen molar-refractivity contribution in [3.8, 4) is 5.75 Å². The summed E-state index contributed by atoms with van der Waals surface area (Å²) in [6.45, 7) is 3.89. The Bertz CT molecular complexity index is 943. The van der Waals surface area contributed by atoms with Crippen molar-refractivity contribution in [1.29, 1.82) is 0 Å². The maximum atomic E-state index is 13.2. The Kier molecular flexibility index (Phi) is 6.36. The van der Waals surface area contributed by atoms with Gasteiger partial charge in [0.25, 0.3) is 0 Å². The van der Waals surface area contributed by atoms with Crippen molar-refractivity contribution in [3.63, 3.8) is 0 Å². The first kappa shape index (κ1) is 24.8. The van der Waals surface area contributed by atoms with Gasteiger partial charge in [-0.3, -0.25) is 4.79 Å². The van der Waals surface area contributed by atoms with Crippen molar-refractivity contribution in [2.45, 2.75) is 69.4 Å². The molecule has 1 aliphatic carbocycles. The minimum absolute atomic E-state index is 0.0650. The summed E-state index contributed by atoms with van der Waals surface area (Å²) in [7, 11) is -3.50. The van der Waals surface area contributed by atoms with Gasteiger partial charge in [-0.1, -0.05) is 0 Å². The monoisotopic (exact) mass is 477 g/mol. The Morgan fingerprint density at radius 1 is 1.03 bits per heavy atom. The van der Waals surface area contributed by atoms with Crippen molar-refractivity contribution in [2.24, 2.45) is 5.41 Å². The van der Waals surface area contributed by atoms with Crippen molar-refractivity contribution in [1.82, 2.24) is 0 Å². The number of sulfone groups is 1. The number of rotatable bonds is 5. The fourth-order valence-corrected chi connectivity index (χ4v) is 5.76. The van der Waals surface area contributed by atoms with Crippen molar-refractivity contribution in [3.05, 3.63) is 24.3 Å². The molecule has 10 heteroatoms. The quantitative estimate of drug-likeness (QED) is 0.696. The van der Waals surface area contributed by atoms with Crippen molar-refractivity contribution >= 4 is 21.4 Å². The normalized spacial score (nSPS) is 27.2. The van der Waals surface area contributed by atoms with E-state index in [0.717, 1.165) is 0 Å². The van der Waals surface area contributed by atoms with E-state index in [9.17, 15) is 31.5 Å². The summed E-state index contributed by atoms with van der Waals surface area (Å²) in [6, 6.07) is 5.90. The zero-order valence-corrected chi connectivity index (χ0v) is 19.4. The van der Waals surface area contributed by atoms with Crippen LogP contribution in [0.2, 0.25) is 0 Å². The second kappa shape index (κ2) is 8.20.